The van der Waals surface area contributed by atoms with E-state index in [2.05, 4.69) is 41.6 Å². The van der Waals surface area contributed by atoms with Gasteiger partial charge in [-0.1, -0.05) is 29.3 Å². The summed E-state index contributed by atoms with van der Waals surface area (Å²) in [7, 11) is 0. The third-order valence-electron chi connectivity index (χ3n) is 2.94. The smallest absolute Gasteiger partial charge is 0.0753 e. The summed E-state index contributed by atoms with van der Waals surface area (Å²) < 4.78 is 5.72. The van der Waals surface area contributed by atoms with E-state index in [-0.39, 0.29) is 5.60 Å². The minimum atomic E-state index is 0.0430. The second-order valence-corrected chi connectivity index (χ2v) is 5.80. The molecule has 3 heteroatoms. The van der Waals surface area contributed by atoms with Gasteiger partial charge in [0.25, 0.3) is 0 Å². The molecule has 1 fully saturated rings. The lowest BCUT2D eigenvalue weighted by Crippen LogP contribution is -2.49. The minimum Gasteiger partial charge on any atom is -0.373 e. The first-order valence-corrected chi connectivity index (χ1v) is 7.12. The molecule has 1 heterocycles. The Bertz CT molecular complexity index is 184. The van der Waals surface area contributed by atoms with Crippen molar-refractivity contribution in [1.29, 1.82) is 0 Å². The van der Waals surface area contributed by atoms with Crippen molar-refractivity contribution in [2.75, 3.05) is 31.6 Å². The van der Waals surface area contributed by atoms with Crippen molar-refractivity contribution < 1.29 is 4.74 Å². The third-order valence-corrected chi connectivity index (χ3v) is 3.85. The molecule has 1 unspecified atom stereocenters. The average molecular weight is 278 g/mol. The van der Waals surface area contributed by atoms with Gasteiger partial charge in [0.15, 0.2) is 0 Å². The molecule has 0 aliphatic carbocycles. The molecule has 0 amide bonds. The van der Waals surface area contributed by atoms with Crippen LogP contribution in [-0.4, -0.2) is 42.1 Å². The Morgan fingerprint density at radius 2 is 2.20 bits per heavy atom. The highest BCUT2D eigenvalue weighted by atomic mass is 79.9. The molecule has 0 N–H and O–H groups in total. The van der Waals surface area contributed by atoms with Gasteiger partial charge in [-0.25, -0.2) is 0 Å². The molecule has 0 bridgehead atoms. The zero-order chi connectivity index (χ0) is 11.3. The second-order valence-electron chi connectivity index (χ2n) is 5.15. The monoisotopic (exact) mass is 277 g/mol. The van der Waals surface area contributed by atoms with Crippen LogP contribution in [0, 0.1) is 5.92 Å². The third kappa shape index (κ3) is 4.83. The lowest BCUT2D eigenvalue weighted by Gasteiger charge is -2.39. The van der Waals surface area contributed by atoms with Crippen LogP contribution in [0.1, 0.15) is 33.6 Å². The molecular formula is C12H24BrNO. The number of nitrogens with zero attached hydrogens (tertiary/aromatic N) is 1. The summed E-state index contributed by atoms with van der Waals surface area (Å²) in [6.07, 6.45) is 2.60. The lowest BCUT2D eigenvalue weighted by molar-refractivity contribution is -0.0885. The molecular weight excluding hydrogens is 254 g/mol. The van der Waals surface area contributed by atoms with Crippen LogP contribution >= 0.6 is 15.9 Å². The highest BCUT2D eigenvalue weighted by Gasteiger charge is 2.27. The van der Waals surface area contributed by atoms with Gasteiger partial charge in [-0.3, -0.25) is 4.90 Å². The summed E-state index contributed by atoms with van der Waals surface area (Å²) in [6, 6.07) is 0. The Kier molecular flexibility index (Phi) is 5.58. The van der Waals surface area contributed by atoms with Crippen LogP contribution in [0.2, 0.25) is 0 Å². The first kappa shape index (κ1) is 13.5. The Labute approximate surface area is 102 Å². The van der Waals surface area contributed by atoms with E-state index in [1.165, 1.54) is 19.4 Å². The normalized spacial score (nSPS) is 24.0. The number of ether oxygens (including phenoxy) is 1. The topological polar surface area (TPSA) is 12.5 Å². The number of hydrogen-bond acceptors (Lipinski definition) is 2. The summed E-state index contributed by atoms with van der Waals surface area (Å²) in [5.74, 6) is 0.795. The van der Waals surface area contributed by atoms with Gasteiger partial charge in [-0.15, -0.1) is 0 Å². The van der Waals surface area contributed by atoms with E-state index in [4.69, 9.17) is 4.74 Å². The number of morpholine rings is 1. The fourth-order valence-corrected chi connectivity index (χ4v) is 2.79. The maximum Gasteiger partial charge on any atom is 0.0753 e. The van der Waals surface area contributed by atoms with Crippen LogP contribution in [0.3, 0.4) is 0 Å². The Hall–Kier alpha value is 0.400. The molecule has 0 saturated carbocycles. The van der Waals surface area contributed by atoms with E-state index in [0.29, 0.717) is 0 Å². The second kappa shape index (κ2) is 6.21. The highest BCUT2D eigenvalue weighted by Crippen LogP contribution is 2.19. The number of alkyl halides is 1. The van der Waals surface area contributed by atoms with E-state index in [1.807, 2.05) is 0 Å². The molecule has 0 aromatic carbocycles. The van der Waals surface area contributed by atoms with Gasteiger partial charge in [0.05, 0.1) is 12.2 Å². The van der Waals surface area contributed by atoms with E-state index >= 15 is 0 Å². The zero-order valence-electron chi connectivity index (χ0n) is 10.3. The van der Waals surface area contributed by atoms with Gasteiger partial charge >= 0.3 is 0 Å². The van der Waals surface area contributed by atoms with Gasteiger partial charge in [0, 0.05) is 25.0 Å². The molecule has 0 spiro atoms. The summed E-state index contributed by atoms with van der Waals surface area (Å²) in [5.41, 5.74) is 0.0430. The fraction of sp³-hybridized carbons (Fsp3) is 1.00. The first-order chi connectivity index (χ1) is 7.07. The van der Waals surface area contributed by atoms with Crippen molar-refractivity contribution >= 4 is 15.9 Å². The number of halogens is 1. The van der Waals surface area contributed by atoms with E-state index < -0.39 is 0 Å². The quantitative estimate of drug-likeness (QED) is 0.717. The van der Waals surface area contributed by atoms with E-state index in [9.17, 15) is 0 Å². The molecule has 1 rings (SSSR count). The zero-order valence-corrected chi connectivity index (χ0v) is 11.8. The van der Waals surface area contributed by atoms with Crippen molar-refractivity contribution in [2.45, 2.75) is 39.2 Å². The predicted molar refractivity (Wildman–Crippen MR) is 68.7 cm³/mol. The van der Waals surface area contributed by atoms with Crippen LogP contribution in [0.5, 0.6) is 0 Å². The molecule has 0 aromatic rings. The largest absolute Gasteiger partial charge is 0.373 e. The van der Waals surface area contributed by atoms with Crippen LogP contribution in [0.25, 0.3) is 0 Å². The van der Waals surface area contributed by atoms with Gasteiger partial charge in [-0.05, 0) is 26.2 Å². The molecule has 0 aromatic heterocycles. The molecule has 0 radical (unpaired) electrons. The SMILES string of the molecule is CCCC(CBr)CN1CCOC(C)(C)C1. The van der Waals surface area contributed by atoms with Gasteiger partial charge in [0.2, 0.25) is 0 Å². The van der Waals surface area contributed by atoms with E-state index in [1.54, 1.807) is 0 Å². The van der Waals surface area contributed by atoms with Crippen LogP contribution in [0.15, 0.2) is 0 Å². The summed E-state index contributed by atoms with van der Waals surface area (Å²) in [4.78, 5) is 2.55. The number of rotatable bonds is 5. The highest BCUT2D eigenvalue weighted by molar-refractivity contribution is 9.09. The summed E-state index contributed by atoms with van der Waals surface area (Å²) >= 11 is 3.61. The van der Waals surface area contributed by atoms with Crippen molar-refractivity contribution in [3.05, 3.63) is 0 Å². The predicted octanol–water partition coefficient (Wildman–Crippen LogP) is 2.91. The number of hydrogen-bond donors (Lipinski definition) is 0. The Balaban J connectivity index is 2.36. The maximum absolute atomic E-state index is 5.72. The first-order valence-electron chi connectivity index (χ1n) is 5.99. The minimum absolute atomic E-state index is 0.0430. The van der Waals surface area contributed by atoms with Gasteiger partial charge < -0.3 is 4.74 Å². The summed E-state index contributed by atoms with van der Waals surface area (Å²) in [6.45, 7) is 10.9. The lowest BCUT2D eigenvalue weighted by atomic mass is 10.0. The van der Waals surface area contributed by atoms with Crippen molar-refractivity contribution in [3.63, 3.8) is 0 Å². The summed E-state index contributed by atoms with van der Waals surface area (Å²) in [5, 5.41) is 1.12. The molecule has 1 atom stereocenters. The standard InChI is InChI=1S/C12H24BrNO/c1-4-5-11(8-13)9-14-6-7-15-12(2,3)10-14/h11H,4-10H2,1-3H3. The van der Waals surface area contributed by atoms with E-state index in [0.717, 1.165) is 30.9 Å². The Morgan fingerprint density at radius 1 is 1.47 bits per heavy atom. The molecule has 1 aliphatic heterocycles. The fourth-order valence-electron chi connectivity index (χ4n) is 2.26. The molecule has 1 saturated heterocycles. The maximum atomic E-state index is 5.72. The van der Waals surface area contributed by atoms with Crippen molar-refractivity contribution in [1.82, 2.24) is 4.90 Å². The molecule has 90 valence electrons. The van der Waals surface area contributed by atoms with Crippen molar-refractivity contribution in [3.8, 4) is 0 Å². The van der Waals surface area contributed by atoms with Crippen LogP contribution < -0.4 is 0 Å². The molecule has 15 heavy (non-hydrogen) atoms. The van der Waals surface area contributed by atoms with Crippen molar-refractivity contribution in [2.24, 2.45) is 5.92 Å². The average Bonchev–Trinajstić information content (AvgIpc) is 2.15. The Morgan fingerprint density at radius 3 is 2.73 bits per heavy atom. The van der Waals surface area contributed by atoms with Crippen LogP contribution in [0.4, 0.5) is 0 Å². The van der Waals surface area contributed by atoms with Gasteiger partial charge in [0.1, 0.15) is 0 Å². The van der Waals surface area contributed by atoms with Gasteiger partial charge in [-0.2, -0.15) is 0 Å². The molecule has 2 nitrogen and oxygen atoms in total. The van der Waals surface area contributed by atoms with Crippen LogP contribution in [-0.2, 0) is 4.74 Å². The molecule has 1 aliphatic rings.